The van der Waals surface area contributed by atoms with Gasteiger partial charge in [0.15, 0.2) is 0 Å². The van der Waals surface area contributed by atoms with Crippen LogP contribution in [0, 0.1) is 6.92 Å². The van der Waals surface area contributed by atoms with Crippen LogP contribution in [0.1, 0.15) is 23.6 Å². The van der Waals surface area contributed by atoms with Crippen LogP contribution in [0.25, 0.3) is 10.8 Å². The summed E-state index contributed by atoms with van der Waals surface area (Å²) in [6.07, 6.45) is 4.18. The van der Waals surface area contributed by atoms with Crippen molar-refractivity contribution >= 4 is 34.1 Å². The van der Waals surface area contributed by atoms with Gasteiger partial charge in [0, 0.05) is 40.2 Å². The van der Waals surface area contributed by atoms with Crippen molar-refractivity contribution in [2.45, 2.75) is 19.4 Å². The Hall–Kier alpha value is -2.79. The summed E-state index contributed by atoms with van der Waals surface area (Å²) < 4.78 is 5.71. The van der Waals surface area contributed by atoms with Gasteiger partial charge in [0.25, 0.3) is 0 Å². The van der Waals surface area contributed by atoms with Crippen LogP contribution in [0.3, 0.4) is 0 Å². The molecule has 4 rings (SSSR count). The molecule has 1 aliphatic rings. The van der Waals surface area contributed by atoms with Crippen LogP contribution in [0.5, 0.6) is 5.75 Å². The van der Waals surface area contributed by atoms with Crippen molar-refractivity contribution in [2.75, 3.05) is 11.9 Å². The average Bonchev–Trinajstić information content (AvgIpc) is 2.64. The minimum absolute atomic E-state index is 0.145. The molecule has 1 atom stereocenters. The number of ether oxygens (including phenoxy) is 1. The summed E-state index contributed by atoms with van der Waals surface area (Å²) in [5.41, 5.74) is 2.61. The number of amides is 2. The second-order valence-electron chi connectivity index (χ2n) is 6.33. The number of hydrogen-bond acceptors (Lipinski definition) is 3. The topological polar surface area (TPSA) is 63.2 Å². The Bertz CT molecular complexity index is 985. The summed E-state index contributed by atoms with van der Waals surface area (Å²) >= 11 is 6.25. The highest BCUT2D eigenvalue weighted by Gasteiger charge is 2.24. The molecule has 2 amide bonds. The Morgan fingerprint density at radius 3 is 3.08 bits per heavy atom. The molecular formula is C20H18ClN3O2. The predicted octanol–water partition coefficient (Wildman–Crippen LogP) is 4.84. The number of anilines is 1. The maximum atomic E-state index is 12.6. The largest absolute Gasteiger partial charge is 0.493 e. The number of aryl methyl sites for hydroxylation is 1. The number of aromatic nitrogens is 1. The number of hydrogen-bond donors (Lipinski definition) is 2. The van der Waals surface area contributed by atoms with Crippen LogP contribution < -0.4 is 15.4 Å². The van der Waals surface area contributed by atoms with E-state index >= 15 is 0 Å². The lowest BCUT2D eigenvalue weighted by molar-refractivity contribution is 0.232. The van der Waals surface area contributed by atoms with Gasteiger partial charge in [-0.1, -0.05) is 23.7 Å². The van der Waals surface area contributed by atoms with E-state index in [0.717, 1.165) is 33.3 Å². The zero-order valence-electron chi connectivity index (χ0n) is 14.3. The van der Waals surface area contributed by atoms with Crippen LogP contribution in [-0.4, -0.2) is 17.6 Å². The molecule has 1 aromatic heterocycles. The molecule has 0 bridgehead atoms. The van der Waals surface area contributed by atoms with Crippen molar-refractivity contribution < 1.29 is 9.53 Å². The fraction of sp³-hybridized carbons (Fsp3) is 0.200. The summed E-state index contributed by atoms with van der Waals surface area (Å²) in [5, 5.41) is 8.56. The van der Waals surface area contributed by atoms with Gasteiger partial charge in [-0.3, -0.25) is 4.98 Å². The number of nitrogens with one attached hydrogen (secondary N) is 2. The van der Waals surface area contributed by atoms with E-state index in [4.69, 9.17) is 16.3 Å². The molecule has 1 unspecified atom stereocenters. The second-order valence-corrected chi connectivity index (χ2v) is 6.74. The molecule has 0 fully saturated rings. The molecular weight excluding hydrogens is 350 g/mol. The van der Waals surface area contributed by atoms with Gasteiger partial charge in [-0.05, 0) is 36.8 Å². The van der Waals surface area contributed by atoms with Gasteiger partial charge < -0.3 is 15.4 Å². The summed E-state index contributed by atoms with van der Waals surface area (Å²) in [6, 6.07) is 11.0. The summed E-state index contributed by atoms with van der Waals surface area (Å²) in [5.74, 6) is 0.777. The van der Waals surface area contributed by atoms with Crippen LogP contribution >= 0.6 is 11.6 Å². The number of pyridine rings is 1. The lowest BCUT2D eigenvalue weighted by Crippen LogP contribution is -2.35. The fourth-order valence-electron chi connectivity index (χ4n) is 3.21. The molecule has 5 nitrogen and oxygen atoms in total. The van der Waals surface area contributed by atoms with Gasteiger partial charge in [-0.15, -0.1) is 0 Å². The third-order valence-electron chi connectivity index (χ3n) is 4.56. The summed E-state index contributed by atoms with van der Waals surface area (Å²) in [4.78, 5) is 16.7. The first-order valence-electron chi connectivity index (χ1n) is 8.45. The molecule has 2 N–H and O–H groups in total. The van der Waals surface area contributed by atoms with Crippen molar-refractivity contribution in [1.29, 1.82) is 0 Å². The molecule has 1 aliphatic heterocycles. The second kappa shape index (κ2) is 6.84. The van der Waals surface area contributed by atoms with E-state index in [-0.39, 0.29) is 12.1 Å². The third-order valence-corrected chi connectivity index (χ3v) is 4.97. The summed E-state index contributed by atoms with van der Waals surface area (Å²) in [7, 11) is 0. The van der Waals surface area contributed by atoms with Crippen molar-refractivity contribution in [3.05, 3.63) is 64.9 Å². The van der Waals surface area contributed by atoms with E-state index in [9.17, 15) is 4.79 Å². The number of urea groups is 1. The number of nitrogens with zero attached hydrogens (tertiary/aromatic N) is 1. The van der Waals surface area contributed by atoms with E-state index in [1.807, 2.05) is 43.3 Å². The minimum atomic E-state index is -0.260. The number of fused-ring (bicyclic) bond motifs is 2. The molecule has 132 valence electrons. The van der Waals surface area contributed by atoms with Crippen molar-refractivity contribution in [1.82, 2.24) is 10.3 Å². The smallest absolute Gasteiger partial charge is 0.319 e. The molecule has 26 heavy (non-hydrogen) atoms. The molecule has 0 radical (unpaired) electrons. The quantitative estimate of drug-likeness (QED) is 0.681. The van der Waals surface area contributed by atoms with Gasteiger partial charge in [0.05, 0.1) is 18.3 Å². The molecule has 0 saturated heterocycles. The number of benzene rings is 2. The molecule has 0 aliphatic carbocycles. The maximum Gasteiger partial charge on any atom is 0.319 e. The van der Waals surface area contributed by atoms with Crippen LogP contribution in [0.2, 0.25) is 5.02 Å². The molecule has 2 heterocycles. The number of carbonyl (C=O) groups is 1. The van der Waals surface area contributed by atoms with Gasteiger partial charge in [-0.2, -0.15) is 0 Å². The summed E-state index contributed by atoms with van der Waals surface area (Å²) in [6.45, 7) is 2.49. The molecule has 0 saturated carbocycles. The van der Waals surface area contributed by atoms with Crippen molar-refractivity contribution in [3.63, 3.8) is 0 Å². The van der Waals surface area contributed by atoms with E-state index in [1.165, 1.54) is 0 Å². The van der Waals surface area contributed by atoms with Crippen molar-refractivity contribution in [2.24, 2.45) is 0 Å². The van der Waals surface area contributed by atoms with Gasteiger partial charge >= 0.3 is 6.03 Å². The van der Waals surface area contributed by atoms with Crippen LogP contribution in [0.15, 0.2) is 48.8 Å². The fourth-order valence-corrected chi connectivity index (χ4v) is 3.38. The van der Waals surface area contributed by atoms with Crippen LogP contribution in [0.4, 0.5) is 10.5 Å². The first-order valence-corrected chi connectivity index (χ1v) is 8.83. The monoisotopic (exact) mass is 367 g/mol. The highest BCUT2D eigenvalue weighted by atomic mass is 35.5. The Kier molecular flexibility index (Phi) is 4.39. The van der Waals surface area contributed by atoms with Crippen LogP contribution in [-0.2, 0) is 0 Å². The lowest BCUT2D eigenvalue weighted by Gasteiger charge is -2.27. The van der Waals surface area contributed by atoms with E-state index < -0.39 is 0 Å². The highest BCUT2D eigenvalue weighted by molar-refractivity contribution is 6.31. The van der Waals surface area contributed by atoms with Gasteiger partial charge in [0.2, 0.25) is 0 Å². The predicted molar refractivity (Wildman–Crippen MR) is 103 cm³/mol. The maximum absolute atomic E-state index is 12.6. The standard InChI is InChI=1S/C20H18ClN3O2/c1-12-9-19-15(10-16(12)21)18(6-8-26-19)24-20(25)23-17-4-2-3-13-11-22-7-5-14(13)17/h2-5,7,9-11,18H,6,8H2,1H3,(H2,23,24,25). The Labute approximate surface area is 156 Å². The van der Waals surface area contributed by atoms with E-state index in [2.05, 4.69) is 15.6 Å². The zero-order valence-corrected chi connectivity index (χ0v) is 15.0. The van der Waals surface area contributed by atoms with E-state index in [1.54, 1.807) is 12.4 Å². The molecule has 0 spiro atoms. The SMILES string of the molecule is Cc1cc2c(cc1Cl)C(NC(=O)Nc1cccc3cnccc13)CCO2. The minimum Gasteiger partial charge on any atom is -0.493 e. The average molecular weight is 368 g/mol. The number of rotatable bonds is 2. The molecule has 6 heteroatoms. The highest BCUT2D eigenvalue weighted by Crippen LogP contribution is 2.36. The zero-order chi connectivity index (χ0) is 18.1. The van der Waals surface area contributed by atoms with E-state index in [0.29, 0.717) is 18.1 Å². The molecule has 2 aromatic carbocycles. The first-order chi connectivity index (χ1) is 12.6. The Balaban J connectivity index is 1.55. The van der Waals surface area contributed by atoms with Crippen molar-refractivity contribution in [3.8, 4) is 5.75 Å². The molecule has 3 aromatic rings. The Morgan fingerprint density at radius 1 is 1.31 bits per heavy atom. The third kappa shape index (κ3) is 3.18. The number of halogens is 1. The van der Waals surface area contributed by atoms with Gasteiger partial charge in [-0.25, -0.2) is 4.79 Å². The lowest BCUT2D eigenvalue weighted by atomic mass is 9.99. The normalized spacial score (nSPS) is 15.8. The van der Waals surface area contributed by atoms with Gasteiger partial charge in [0.1, 0.15) is 5.75 Å². The number of carbonyl (C=O) groups excluding carboxylic acids is 1. The Morgan fingerprint density at radius 2 is 2.19 bits per heavy atom. The first kappa shape index (κ1) is 16.7.